The van der Waals surface area contributed by atoms with E-state index in [1.807, 2.05) is 24.3 Å². The average molecular weight is 432 g/mol. The number of piperidine rings is 1. The summed E-state index contributed by atoms with van der Waals surface area (Å²) in [5.74, 6) is 1.41. The fraction of sp³-hybridized carbons (Fsp3) is 0.481. The number of para-hydroxylation sites is 1. The van der Waals surface area contributed by atoms with E-state index in [2.05, 4.69) is 29.2 Å². The van der Waals surface area contributed by atoms with Crippen molar-refractivity contribution in [1.29, 1.82) is 0 Å². The van der Waals surface area contributed by atoms with Crippen LogP contribution in [0.5, 0.6) is 0 Å². The minimum Gasteiger partial charge on any atom is -0.347 e. The fourth-order valence-corrected chi connectivity index (χ4v) is 6.04. The Kier molecular flexibility index (Phi) is 5.76. The Morgan fingerprint density at radius 2 is 1.75 bits per heavy atom. The summed E-state index contributed by atoms with van der Waals surface area (Å²) >= 11 is 0. The summed E-state index contributed by atoms with van der Waals surface area (Å²) in [6.45, 7) is 2.88. The molecule has 5 nitrogen and oxygen atoms in total. The monoisotopic (exact) mass is 431 g/mol. The number of rotatable bonds is 4. The number of likely N-dealkylation sites (tertiary alicyclic amines) is 1. The Labute approximate surface area is 191 Å². The lowest BCUT2D eigenvalue weighted by molar-refractivity contribution is -0.132. The number of hydrogen-bond acceptors (Lipinski definition) is 3. The van der Waals surface area contributed by atoms with Gasteiger partial charge in [-0.2, -0.15) is 0 Å². The van der Waals surface area contributed by atoms with Crippen LogP contribution >= 0.6 is 0 Å². The lowest BCUT2D eigenvalue weighted by atomic mass is 9.71. The van der Waals surface area contributed by atoms with Gasteiger partial charge >= 0.3 is 0 Å². The normalized spacial score (nSPS) is 24.4. The molecule has 0 aromatic heterocycles. The SMILES string of the molecule is CN(C)C(=O)C1Cc2ccccc2N1C(=O)CCN1CC[C@@H]2c3ccccc3CC[C@@H]2C1. The number of aryl methyl sites for hydroxylation is 1. The molecule has 2 aliphatic heterocycles. The van der Waals surface area contributed by atoms with E-state index >= 15 is 0 Å². The Morgan fingerprint density at radius 3 is 2.56 bits per heavy atom. The van der Waals surface area contributed by atoms with Gasteiger partial charge in [-0.3, -0.25) is 14.5 Å². The quantitative estimate of drug-likeness (QED) is 0.745. The number of anilines is 1. The molecular formula is C27H33N3O2. The molecule has 2 heterocycles. The van der Waals surface area contributed by atoms with Crippen LogP contribution in [0, 0.1) is 5.92 Å². The van der Waals surface area contributed by atoms with Crippen LogP contribution in [-0.2, 0) is 22.4 Å². The Hall–Kier alpha value is -2.66. The first kappa shape index (κ1) is 21.2. The van der Waals surface area contributed by atoms with Gasteiger partial charge in [0.05, 0.1) is 0 Å². The molecule has 2 aromatic rings. The summed E-state index contributed by atoms with van der Waals surface area (Å²) in [5, 5.41) is 0. The third-order valence-electron chi connectivity index (χ3n) is 7.67. The summed E-state index contributed by atoms with van der Waals surface area (Å²) in [5.41, 5.74) is 5.07. The van der Waals surface area contributed by atoms with Crippen molar-refractivity contribution in [2.75, 3.05) is 38.6 Å². The predicted octanol–water partition coefficient (Wildman–Crippen LogP) is 3.47. The fourth-order valence-electron chi connectivity index (χ4n) is 6.04. The van der Waals surface area contributed by atoms with Gasteiger partial charge in [-0.15, -0.1) is 0 Å². The lowest BCUT2D eigenvalue weighted by Crippen LogP contribution is -2.49. The van der Waals surface area contributed by atoms with Gasteiger partial charge in [0.15, 0.2) is 0 Å². The number of carbonyl (C=O) groups is 2. The maximum atomic E-state index is 13.4. The molecule has 2 amide bonds. The van der Waals surface area contributed by atoms with E-state index in [0.717, 1.165) is 30.9 Å². The van der Waals surface area contributed by atoms with Crippen LogP contribution in [0.1, 0.15) is 41.9 Å². The van der Waals surface area contributed by atoms with Gasteiger partial charge in [0.2, 0.25) is 11.8 Å². The van der Waals surface area contributed by atoms with Crippen molar-refractivity contribution in [3.05, 3.63) is 65.2 Å². The minimum atomic E-state index is -0.421. The second-order valence-electron chi connectivity index (χ2n) is 9.79. The maximum Gasteiger partial charge on any atom is 0.245 e. The average Bonchev–Trinajstić information content (AvgIpc) is 3.21. The first-order valence-electron chi connectivity index (χ1n) is 11.9. The lowest BCUT2D eigenvalue weighted by Gasteiger charge is -2.42. The number of benzene rings is 2. The van der Waals surface area contributed by atoms with E-state index in [4.69, 9.17) is 0 Å². The molecule has 0 spiro atoms. The van der Waals surface area contributed by atoms with Crippen LogP contribution in [-0.4, -0.2) is 61.4 Å². The van der Waals surface area contributed by atoms with Gasteiger partial charge in [-0.25, -0.2) is 0 Å². The number of amides is 2. The van der Waals surface area contributed by atoms with Crippen LogP contribution in [0.3, 0.4) is 0 Å². The molecule has 1 unspecified atom stereocenters. The van der Waals surface area contributed by atoms with Crippen LogP contribution in [0.2, 0.25) is 0 Å². The maximum absolute atomic E-state index is 13.4. The van der Waals surface area contributed by atoms with Gasteiger partial charge in [0.25, 0.3) is 0 Å². The first-order valence-corrected chi connectivity index (χ1v) is 11.9. The minimum absolute atomic E-state index is 0.00349. The highest BCUT2D eigenvalue weighted by Crippen LogP contribution is 2.41. The van der Waals surface area contributed by atoms with Crippen molar-refractivity contribution < 1.29 is 9.59 Å². The molecule has 0 saturated carbocycles. The van der Waals surface area contributed by atoms with Crippen LogP contribution in [0.4, 0.5) is 5.69 Å². The highest BCUT2D eigenvalue weighted by atomic mass is 16.2. The first-order chi connectivity index (χ1) is 15.5. The molecular weight excluding hydrogens is 398 g/mol. The Balaban J connectivity index is 1.24. The summed E-state index contributed by atoms with van der Waals surface area (Å²) in [6.07, 6.45) is 4.64. The number of nitrogens with zero attached hydrogens (tertiary/aromatic N) is 3. The van der Waals surface area contributed by atoms with E-state index < -0.39 is 6.04 Å². The molecule has 3 atom stereocenters. The highest BCUT2D eigenvalue weighted by Gasteiger charge is 2.39. The Bertz CT molecular complexity index is 1020. The zero-order valence-corrected chi connectivity index (χ0v) is 19.2. The van der Waals surface area contributed by atoms with Gasteiger partial charge in [-0.05, 0) is 60.4 Å². The predicted molar refractivity (Wildman–Crippen MR) is 127 cm³/mol. The molecule has 1 saturated heterocycles. The standard InChI is InChI=1S/C27H33N3O2/c1-28(2)27(32)25-17-20-8-4-6-10-24(20)30(25)26(31)14-16-29-15-13-23-21(18-29)12-11-19-7-3-5-9-22(19)23/h3-10,21,23,25H,11-18H2,1-2H3/t21-,23+,25?/m1/s1. The molecule has 1 fully saturated rings. The number of likely N-dealkylation sites (N-methyl/N-ethyl adjacent to an activating group) is 1. The van der Waals surface area contributed by atoms with Crippen LogP contribution in [0.25, 0.3) is 0 Å². The van der Waals surface area contributed by atoms with Crippen LogP contribution in [0.15, 0.2) is 48.5 Å². The van der Waals surface area contributed by atoms with Crippen molar-refractivity contribution in [3.8, 4) is 0 Å². The highest BCUT2D eigenvalue weighted by molar-refractivity contribution is 6.03. The summed E-state index contributed by atoms with van der Waals surface area (Å²) < 4.78 is 0. The van der Waals surface area contributed by atoms with Crippen molar-refractivity contribution in [2.45, 2.75) is 44.1 Å². The van der Waals surface area contributed by atoms with E-state index in [9.17, 15) is 9.59 Å². The Morgan fingerprint density at radius 1 is 1.00 bits per heavy atom. The number of carbonyl (C=O) groups excluding carboxylic acids is 2. The van der Waals surface area contributed by atoms with Crippen molar-refractivity contribution in [1.82, 2.24) is 9.80 Å². The zero-order chi connectivity index (χ0) is 22.2. The van der Waals surface area contributed by atoms with E-state index in [1.54, 1.807) is 29.5 Å². The summed E-state index contributed by atoms with van der Waals surface area (Å²) in [4.78, 5) is 32.0. The molecule has 168 valence electrons. The van der Waals surface area contributed by atoms with Crippen LogP contribution < -0.4 is 4.90 Å². The molecule has 0 radical (unpaired) electrons. The van der Waals surface area contributed by atoms with Gasteiger partial charge < -0.3 is 9.80 Å². The van der Waals surface area contributed by atoms with Gasteiger partial charge in [0.1, 0.15) is 6.04 Å². The third kappa shape index (κ3) is 3.83. The second kappa shape index (κ2) is 8.70. The van der Waals surface area contributed by atoms with E-state index in [-0.39, 0.29) is 11.8 Å². The molecule has 0 bridgehead atoms. The van der Waals surface area contributed by atoms with Crippen molar-refractivity contribution in [3.63, 3.8) is 0 Å². The largest absolute Gasteiger partial charge is 0.347 e. The molecule has 0 N–H and O–H groups in total. The van der Waals surface area contributed by atoms with Gasteiger partial charge in [0, 0.05) is 45.7 Å². The smallest absolute Gasteiger partial charge is 0.245 e. The molecule has 2 aromatic carbocycles. The number of fused-ring (bicyclic) bond motifs is 4. The topological polar surface area (TPSA) is 43.9 Å². The number of hydrogen-bond donors (Lipinski definition) is 0. The van der Waals surface area contributed by atoms with E-state index in [0.29, 0.717) is 24.7 Å². The summed E-state index contributed by atoms with van der Waals surface area (Å²) in [7, 11) is 3.53. The van der Waals surface area contributed by atoms with Crippen molar-refractivity contribution in [2.24, 2.45) is 5.92 Å². The molecule has 1 aliphatic carbocycles. The molecule has 32 heavy (non-hydrogen) atoms. The van der Waals surface area contributed by atoms with E-state index in [1.165, 1.54) is 24.8 Å². The molecule has 5 rings (SSSR count). The third-order valence-corrected chi connectivity index (χ3v) is 7.67. The van der Waals surface area contributed by atoms with Crippen molar-refractivity contribution >= 4 is 17.5 Å². The zero-order valence-electron chi connectivity index (χ0n) is 19.2. The molecule has 3 aliphatic rings. The molecule has 5 heteroatoms. The van der Waals surface area contributed by atoms with Gasteiger partial charge in [-0.1, -0.05) is 42.5 Å². The second-order valence-corrected chi connectivity index (χ2v) is 9.79. The summed E-state index contributed by atoms with van der Waals surface area (Å²) in [6, 6.07) is 16.5.